The molecule has 0 bridgehead atoms. The van der Waals surface area contributed by atoms with Crippen LogP contribution in [-0.4, -0.2) is 37.0 Å². The Morgan fingerprint density at radius 2 is 2.64 bits per heavy atom. The maximum Gasteiger partial charge on any atom is 0.0620 e. The van der Waals surface area contributed by atoms with Crippen LogP contribution in [0.2, 0.25) is 0 Å². The molecule has 3 N–H and O–H groups in total. The Kier molecular flexibility index (Phi) is 3.79. The third kappa shape index (κ3) is 3.16. The van der Waals surface area contributed by atoms with E-state index in [4.69, 9.17) is 9.94 Å². The fourth-order valence-electron chi connectivity index (χ4n) is 1.25. The molecular weight excluding hydrogens is 144 g/mol. The van der Waals surface area contributed by atoms with Crippen LogP contribution in [0, 0.1) is 0 Å². The first-order valence-electron chi connectivity index (χ1n) is 4.03. The van der Waals surface area contributed by atoms with Gasteiger partial charge in [-0.15, -0.1) is 0 Å². The summed E-state index contributed by atoms with van der Waals surface area (Å²) in [6.45, 7) is 4.42. The molecule has 0 spiro atoms. The van der Waals surface area contributed by atoms with Crippen molar-refractivity contribution in [2.75, 3.05) is 19.8 Å². The van der Waals surface area contributed by atoms with E-state index in [1.807, 2.05) is 6.92 Å². The second-order valence-electron chi connectivity index (χ2n) is 2.99. The van der Waals surface area contributed by atoms with Crippen molar-refractivity contribution in [1.29, 1.82) is 0 Å². The maximum atomic E-state index is 8.55. The van der Waals surface area contributed by atoms with Gasteiger partial charge in [0, 0.05) is 18.6 Å². The predicted molar refractivity (Wildman–Crippen MR) is 41.6 cm³/mol. The van der Waals surface area contributed by atoms with Crippen molar-refractivity contribution in [3.8, 4) is 0 Å². The summed E-state index contributed by atoms with van der Waals surface area (Å²) in [6.07, 6.45) is 0.899. The zero-order valence-corrected chi connectivity index (χ0v) is 6.84. The minimum absolute atomic E-state index is 0.134. The third-order valence-corrected chi connectivity index (χ3v) is 1.86. The molecule has 2 unspecified atom stereocenters. The van der Waals surface area contributed by atoms with Crippen LogP contribution in [0.4, 0.5) is 0 Å². The standard InChI is InChI=1S/C7H16N2O2/c1-6(9-10)4-7-5-11-3-2-8-7/h6-10H,2-5H2,1H3. The molecule has 1 heterocycles. The van der Waals surface area contributed by atoms with Gasteiger partial charge in [-0.05, 0) is 13.3 Å². The lowest BCUT2D eigenvalue weighted by molar-refractivity contribution is 0.0587. The number of hydrogen-bond donors (Lipinski definition) is 3. The molecule has 4 nitrogen and oxygen atoms in total. The van der Waals surface area contributed by atoms with Crippen molar-refractivity contribution in [2.24, 2.45) is 0 Å². The molecule has 1 aliphatic rings. The van der Waals surface area contributed by atoms with Crippen molar-refractivity contribution in [2.45, 2.75) is 25.4 Å². The molecule has 1 rings (SSSR count). The zero-order valence-electron chi connectivity index (χ0n) is 6.84. The summed E-state index contributed by atoms with van der Waals surface area (Å²) in [6, 6.07) is 0.521. The highest BCUT2D eigenvalue weighted by atomic mass is 16.5. The Bertz CT molecular complexity index is 105. The summed E-state index contributed by atoms with van der Waals surface area (Å²) in [4.78, 5) is 0. The van der Waals surface area contributed by atoms with Gasteiger partial charge >= 0.3 is 0 Å². The molecule has 0 aromatic carbocycles. The normalized spacial score (nSPS) is 28.4. The summed E-state index contributed by atoms with van der Waals surface area (Å²) < 4.78 is 5.26. The molecule has 0 aromatic heterocycles. The Morgan fingerprint density at radius 1 is 1.82 bits per heavy atom. The smallest absolute Gasteiger partial charge is 0.0620 e. The van der Waals surface area contributed by atoms with Crippen LogP contribution in [0.1, 0.15) is 13.3 Å². The van der Waals surface area contributed by atoms with Crippen LogP contribution >= 0.6 is 0 Å². The topological polar surface area (TPSA) is 53.5 Å². The first-order chi connectivity index (χ1) is 5.33. The van der Waals surface area contributed by atoms with E-state index in [2.05, 4.69) is 10.8 Å². The average Bonchev–Trinajstić information content (AvgIpc) is 2.06. The van der Waals surface area contributed by atoms with Crippen LogP contribution in [0.15, 0.2) is 0 Å². The van der Waals surface area contributed by atoms with Crippen molar-refractivity contribution < 1.29 is 9.94 Å². The van der Waals surface area contributed by atoms with Gasteiger partial charge in [-0.1, -0.05) is 0 Å². The molecule has 1 saturated heterocycles. The van der Waals surface area contributed by atoms with E-state index in [9.17, 15) is 0 Å². The van der Waals surface area contributed by atoms with Crippen LogP contribution in [0.25, 0.3) is 0 Å². The molecule has 1 aliphatic heterocycles. The Labute approximate surface area is 66.9 Å². The van der Waals surface area contributed by atoms with Gasteiger partial charge in [-0.3, -0.25) is 0 Å². The van der Waals surface area contributed by atoms with E-state index in [1.165, 1.54) is 0 Å². The Hall–Kier alpha value is -0.160. The van der Waals surface area contributed by atoms with Crippen LogP contribution < -0.4 is 10.8 Å². The SMILES string of the molecule is CC(CC1COCCN1)NO. The highest BCUT2D eigenvalue weighted by Crippen LogP contribution is 2.01. The summed E-state index contributed by atoms with van der Waals surface area (Å²) in [5.74, 6) is 0. The molecule has 11 heavy (non-hydrogen) atoms. The summed E-state index contributed by atoms with van der Waals surface area (Å²) in [5.41, 5.74) is 2.22. The van der Waals surface area contributed by atoms with Gasteiger partial charge in [-0.2, -0.15) is 0 Å². The first kappa shape index (κ1) is 8.93. The first-order valence-corrected chi connectivity index (χ1v) is 4.03. The van der Waals surface area contributed by atoms with Gasteiger partial charge < -0.3 is 15.3 Å². The van der Waals surface area contributed by atoms with Gasteiger partial charge in [0.15, 0.2) is 0 Å². The number of ether oxygens (including phenoxy) is 1. The zero-order chi connectivity index (χ0) is 8.10. The molecular formula is C7H16N2O2. The van der Waals surface area contributed by atoms with Gasteiger partial charge in [0.25, 0.3) is 0 Å². The quantitative estimate of drug-likeness (QED) is 0.498. The summed E-state index contributed by atoms with van der Waals surface area (Å²) >= 11 is 0. The predicted octanol–water partition coefficient (Wildman–Crippen LogP) is -0.268. The van der Waals surface area contributed by atoms with Gasteiger partial charge in [0.05, 0.1) is 13.2 Å². The maximum absolute atomic E-state index is 8.55. The molecule has 1 fully saturated rings. The Morgan fingerprint density at radius 3 is 3.18 bits per heavy atom. The van der Waals surface area contributed by atoms with Gasteiger partial charge in [0.1, 0.15) is 0 Å². The lowest BCUT2D eigenvalue weighted by Crippen LogP contribution is -2.44. The number of hydroxylamine groups is 1. The molecule has 2 atom stereocenters. The van der Waals surface area contributed by atoms with Gasteiger partial charge in [0.2, 0.25) is 0 Å². The van der Waals surface area contributed by atoms with E-state index in [-0.39, 0.29) is 6.04 Å². The van der Waals surface area contributed by atoms with E-state index in [1.54, 1.807) is 0 Å². The number of hydrogen-bond acceptors (Lipinski definition) is 4. The minimum atomic E-state index is 0.134. The molecule has 66 valence electrons. The molecule has 0 saturated carbocycles. The third-order valence-electron chi connectivity index (χ3n) is 1.86. The molecule has 0 amide bonds. The largest absolute Gasteiger partial charge is 0.379 e. The van der Waals surface area contributed by atoms with E-state index >= 15 is 0 Å². The molecule has 0 aromatic rings. The summed E-state index contributed by atoms with van der Waals surface area (Å²) in [5, 5.41) is 11.9. The second-order valence-corrected chi connectivity index (χ2v) is 2.99. The molecule has 4 heteroatoms. The molecule has 0 radical (unpaired) electrons. The monoisotopic (exact) mass is 160 g/mol. The van der Waals surface area contributed by atoms with E-state index in [0.29, 0.717) is 6.04 Å². The van der Waals surface area contributed by atoms with Crippen molar-refractivity contribution in [1.82, 2.24) is 10.8 Å². The van der Waals surface area contributed by atoms with Crippen LogP contribution in [0.3, 0.4) is 0 Å². The molecule has 0 aliphatic carbocycles. The summed E-state index contributed by atoms with van der Waals surface area (Å²) in [7, 11) is 0. The highest BCUT2D eigenvalue weighted by Gasteiger charge is 2.15. The van der Waals surface area contributed by atoms with E-state index < -0.39 is 0 Å². The van der Waals surface area contributed by atoms with Crippen molar-refractivity contribution >= 4 is 0 Å². The number of rotatable bonds is 3. The fourth-order valence-corrected chi connectivity index (χ4v) is 1.25. The van der Waals surface area contributed by atoms with Gasteiger partial charge in [-0.25, -0.2) is 5.48 Å². The number of nitrogens with one attached hydrogen (secondary N) is 2. The minimum Gasteiger partial charge on any atom is -0.379 e. The lowest BCUT2D eigenvalue weighted by Gasteiger charge is -2.25. The van der Waals surface area contributed by atoms with Crippen LogP contribution in [-0.2, 0) is 4.74 Å². The van der Waals surface area contributed by atoms with Crippen molar-refractivity contribution in [3.05, 3.63) is 0 Å². The number of morpholine rings is 1. The average molecular weight is 160 g/mol. The lowest BCUT2D eigenvalue weighted by atomic mass is 10.1. The van der Waals surface area contributed by atoms with Crippen molar-refractivity contribution in [3.63, 3.8) is 0 Å². The van der Waals surface area contributed by atoms with E-state index in [0.717, 1.165) is 26.2 Å². The Balaban J connectivity index is 2.13. The second kappa shape index (κ2) is 4.66. The van der Waals surface area contributed by atoms with Crippen LogP contribution in [0.5, 0.6) is 0 Å². The highest BCUT2D eigenvalue weighted by molar-refractivity contribution is 4.73. The fraction of sp³-hybridized carbons (Fsp3) is 1.00.